The zero-order chi connectivity index (χ0) is 15.2. The number of aromatic carboxylic acids is 1. The number of hydrogen-bond donors (Lipinski definition) is 2. The third-order valence-corrected chi connectivity index (χ3v) is 6.05. The Morgan fingerprint density at radius 1 is 1.33 bits per heavy atom. The smallest absolute Gasteiger partial charge is 0.353 e. The van der Waals surface area contributed by atoms with Crippen LogP contribution in [0.1, 0.15) is 23.3 Å². The Labute approximate surface area is 125 Å². The predicted molar refractivity (Wildman–Crippen MR) is 76.2 cm³/mol. The highest BCUT2D eigenvalue weighted by Gasteiger charge is 2.38. The van der Waals surface area contributed by atoms with Crippen molar-refractivity contribution in [2.75, 3.05) is 0 Å². The Bertz CT molecular complexity index is 824. The summed E-state index contributed by atoms with van der Waals surface area (Å²) in [4.78, 5) is 10.9. The second kappa shape index (κ2) is 4.85. The molecule has 0 amide bonds. The van der Waals surface area contributed by atoms with Gasteiger partial charge in [0, 0.05) is 5.56 Å². The average Bonchev–Trinajstić information content (AvgIpc) is 3.16. The molecule has 0 radical (unpaired) electrons. The molecule has 0 aliphatic heterocycles. The lowest BCUT2D eigenvalue weighted by molar-refractivity contribution is 0.0690. The fraction of sp³-hybridized carbons (Fsp3) is 0.231. The monoisotopic (exact) mass is 326 g/mol. The van der Waals surface area contributed by atoms with E-state index in [1.165, 1.54) is 18.2 Å². The molecule has 3 rings (SSSR count). The fourth-order valence-corrected chi connectivity index (χ4v) is 4.24. The van der Waals surface area contributed by atoms with Crippen molar-refractivity contribution in [3.8, 4) is 11.3 Å². The van der Waals surface area contributed by atoms with Gasteiger partial charge in [0.2, 0.25) is 0 Å². The molecular weight excluding hydrogens is 316 g/mol. The second-order valence-electron chi connectivity index (χ2n) is 4.86. The van der Waals surface area contributed by atoms with Crippen molar-refractivity contribution in [2.45, 2.75) is 23.0 Å². The van der Waals surface area contributed by atoms with E-state index in [0.29, 0.717) is 24.1 Å². The largest absolute Gasteiger partial charge is 0.477 e. The lowest BCUT2D eigenvalue weighted by Gasteiger charge is -2.06. The molecule has 21 heavy (non-hydrogen) atoms. The van der Waals surface area contributed by atoms with Gasteiger partial charge < -0.3 is 5.11 Å². The molecule has 8 heteroatoms. The summed E-state index contributed by atoms with van der Waals surface area (Å²) in [5.41, 5.74) is 0.902. The first-order chi connectivity index (χ1) is 9.89. The second-order valence-corrected chi connectivity index (χ2v) is 7.47. The number of halogens is 1. The van der Waals surface area contributed by atoms with Gasteiger partial charge in [-0.3, -0.25) is 5.10 Å². The number of hydrogen-bond acceptors (Lipinski definition) is 4. The van der Waals surface area contributed by atoms with Crippen LogP contribution in [-0.4, -0.2) is 34.9 Å². The van der Waals surface area contributed by atoms with Crippen molar-refractivity contribution in [1.29, 1.82) is 0 Å². The zero-order valence-electron chi connectivity index (χ0n) is 10.7. The quantitative estimate of drug-likeness (QED) is 0.898. The van der Waals surface area contributed by atoms with Crippen LogP contribution in [0.15, 0.2) is 29.2 Å². The summed E-state index contributed by atoms with van der Waals surface area (Å²) in [7, 11) is -3.36. The molecule has 0 bridgehead atoms. The van der Waals surface area contributed by atoms with Crippen LogP contribution in [0, 0.1) is 0 Å². The first kappa shape index (κ1) is 14.1. The van der Waals surface area contributed by atoms with Gasteiger partial charge >= 0.3 is 5.97 Å². The maximum absolute atomic E-state index is 12.2. The molecule has 1 aliphatic rings. The number of carbonyl (C=O) groups is 1. The molecule has 1 aromatic carbocycles. The van der Waals surface area contributed by atoms with Crippen LogP contribution in [-0.2, 0) is 9.84 Å². The summed E-state index contributed by atoms with van der Waals surface area (Å²) in [6.07, 6.45) is 1.34. The third kappa shape index (κ3) is 2.54. The van der Waals surface area contributed by atoms with Gasteiger partial charge in [-0.15, -0.1) is 0 Å². The highest BCUT2D eigenvalue weighted by molar-refractivity contribution is 7.92. The van der Waals surface area contributed by atoms with Crippen molar-refractivity contribution < 1.29 is 18.3 Å². The van der Waals surface area contributed by atoms with Crippen LogP contribution >= 0.6 is 11.6 Å². The van der Waals surface area contributed by atoms with E-state index in [4.69, 9.17) is 16.7 Å². The molecule has 1 fully saturated rings. The molecular formula is C13H11ClN2O4S. The van der Waals surface area contributed by atoms with Gasteiger partial charge in [0.15, 0.2) is 9.84 Å². The van der Waals surface area contributed by atoms with E-state index in [1.807, 2.05) is 0 Å². The van der Waals surface area contributed by atoms with Crippen molar-refractivity contribution >= 4 is 27.4 Å². The standard InChI is InChI=1S/C13H11ClN2O4S/c14-9-5-7(10-6-11(13(17)18)16-15-10)1-4-12(9)21(19,20)8-2-3-8/h1,4-6,8H,2-3H2,(H,15,16)(H,17,18). The lowest BCUT2D eigenvalue weighted by Crippen LogP contribution is -2.07. The minimum atomic E-state index is -3.36. The van der Waals surface area contributed by atoms with Crippen LogP contribution in [0.4, 0.5) is 0 Å². The molecule has 1 aromatic heterocycles. The van der Waals surface area contributed by atoms with Crippen molar-refractivity contribution in [1.82, 2.24) is 10.2 Å². The summed E-state index contributed by atoms with van der Waals surface area (Å²) in [6, 6.07) is 5.87. The highest BCUT2D eigenvalue weighted by atomic mass is 35.5. The maximum atomic E-state index is 12.2. The van der Waals surface area contributed by atoms with Crippen LogP contribution in [0.3, 0.4) is 0 Å². The number of benzene rings is 1. The molecule has 6 nitrogen and oxygen atoms in total. The maximum Gasteiger partial charge on any atom is 0.353 e. The Balaban J connectivity index is 1.99. The molecule has 0 spiro atoms. The van der Waals surface area contributed by atoms with Crippen LogP contribution < -0.4 is 0 Å². The van der Waals surface area contributed by atoms with Gasteiger partial charge in [-0.05, 0) is 31.0 Å². The van der Waals surface area contributed by atoms with Crippen LogP contribution in [0.2, 0.25) is 5.02 Å². The summed E-state index contributed by atoms with van der Waals surface area (Å²) >= 11 is 6.07. The van der Waals surface area contributed by atoms with Crippen LogP contribution in [0.25, 0.3) is 11.3 Å². The number of carboxylic acids is 1. The van der Waals surface area contributed by atoms with E-state index in [-0.39, 0.29) is 20.9 Å². The first-order valence-corrected chi connectivity index (χ1v) is 8.14. The zero-order valence-corrected chi connectivity index (χ0v) is 12.3. The number of nitrogens with zero attached hydrogens (tertiary/aromatic N) is 1. The van der Waals surface area contributed by atoms with Gasteiger partial charge in [-0.25, -0.2) is 13.2 Å². The summed E-state index contributed by atoms with van der Waals surface area (Å²) in [5, 5.41) is 14.9. The Kier molecular flexibility index (Phi) is 3.26. The average molecular weight is 327 g/mol. The van der Waals surface area contributed by atoms with Gasteiger partial charge in [0.1, 0.15) is 5.69 Å². The summed E-state index contributed by atoms with van der Waals surface area (Å²) < 4.78 is 24.3. The van der Waals surface area contributed by atoms with Gasteiger partial charge in [0.05, 0.1) is 20.9 Å². The molecule has 1 saturated carbocycles. The normalized spacial score (nSPS) is 15.1. The molecule has 1 aliphatic carbocycles. The molecule has 110 valence electrons. The Morgan fingerprint density at radius 3 is 2.57 bits per heavy atom. The van der Waals surface area contributed by atoms with E-state index in [1.54, 1.807) is 6.07 Å². The summed E-state index contributed by atoms with van der Waals surface area (Å²) in [5.74, 6) is -1.12. The fourth-order valence-electron chi connectivity index (χ4n) is 2.03. The van der Waals surface area contributed by atoms with Gasteiger partial charge in [-0.2, -0.15) is 5.10 Å². The minimum Gasteiger partial charge on any atom is -0.477 e. The van der Waals surface area contributed by atoms with E-state index < -0.39 is 15.8 Å². The van der Waals surface area contributed by atoms with Gasteiger partial charge in [-0.1, -0.05) is 17.7 Å². The van der Waals surface area contributed by atoms with Gasteiger partial charge in [0.25, 0.3) is 0 Å². The molecule has 0 atom stereocenters. The number of aromatic amines is 1. The number of aromatic nitrogens is 2. The Hall–Kier alpha value is -1.86. The van der Waals surface area contributed by atoms with Crippen molar-refractivity contribution in [3.63, 3.8) is 0 Å². The molecule has 0 saturated heterocycles. The predicted octanol–water partition coefficient (Wildman–Crippen LogP) is 2.36. The van der Waals surface area contributed by atoms with E-state index in [0.717, 1.165) is 0 Å². The van der Waals surface area contributed by atoms with E-state index in [9.17, 15) is 13.2 Å². The van der Waals surface area contributed by atoms with Crippen molar-refractivity contribution in [3.05, 3.63) is 35.0 Å². The Morgan fingerprint density at radius 2 is 2.05 bits per heavy atom. The highest BCUT2D eigenvalue weighted by Crippen LogP contribution is 2.37. The lowest BCUT2D eigenvalue weighted by atomic mass is 10.1. The molecule has 1 heterocycles. The number of sulfone groups is 1. The molecule has 2 N–H and O–H groups in total. The van der Waals surface area contributed by atoms with Crippen LogP contribution in [0.5, 0.6) is 0 Å². The number of nitrogens with one attached hydrogen (secondary N) is 1. The minimum absolute atomic E-state index is 0.0456. The van der Waals surface area contributed by atoms with E-state index >= 15 is 0 Å². The number of carboxylic acid groups (broad SMARTS) is 1. The topological polar surface area (TPSA) is 100 Å². The van der Waals surface area contributed by atoms with E-state index in [2.05, 4.69) is 10.2 Å². The first-order valence-electron chi connectivity index (χ1n) is 6.22. The number of rotatable bonds is 4. The van der Waals surface area contributed by atoms with Crippen molar-refractivity contribution in [2.24, 2.45) is 0 Å². The molecule has 2 aromatic rings. The molecule has 0 unspecified atom stereocenters. The summed E-state index contributed by atoms with van der Waals surface area (Å²) in [6.45, 7) is 0. The third-order valence-electron chi connectivity index (χ3n) is 3.31. The number of H-pyrrole nitrogens is 1. The SMILES string of the molecule is O=C(O)c1cc(-c2ccc(S(=O)(=O)C3CC3)c(Cl)c2)n[nH]1.